The van der Waals surface area contributed by atoms with Gasteiger partial charge in [-0.1, -0.05) is 26.0 Å². The number of rotatable bonds is 8. The topological polar surface area (TPSA) is 64.7 Å². The van der Waals surface area contributed by atoms with E-state index in [9.17, 15) is 4.79 Å². The predicted octanol–water partition coefficient (Wildman–Crippen LogP) is 3.53. The van der Waals surface area contributed by atoms with Crippen molar-refractivity contribution in [2.75, 3.05) is 0 Å². The average molecular weight is 367 g/mol. The zero-order valence-corrected chi connectivity index (χ0v) is 16.7. The molecule has 1 N–H and O–H groups in total. The molecule has 2 aromatic heterocycles. The van der Waals surface area contributed by atoms with Crippen LogP contribution in [0.15, 0.2) is 24.3 Å². The highest BCUT2D eigenvalue weighted by molar-refractivity contribution is 5.78. The third-order valence-electron chi connectivity index (χ3n) is 5.04. The second kappa shape index (κ2) is 8.37. The third kappa shape index (κ3) is 4.04. The van der Waals surface area contributed by atoms with Gasteiger partial charge in [-0.2, -0.15) is 5.10 Å². The molecular formula is C21H29N5O. The SMILES string of the molecule is CCCn1nc(C)c(CNC(=O)CCn2c(CC)nc3ccccc32)c1C. The van der Waals surface area contributed by atoms with Crippen molar-refractivity contribution >= 4 is 16.9 Å². The quantitative estimate of drug-likeness (QED) is 0.662. The van der Waals surface area contributed by atoms with Gasteiger partial charge in [-0.3, -0.25) is 9.48 Å². The Kier molecular flexibility index (Phi) is 5.94. The minimum atomic E-state index is 0.0527. The van der Waals surface area contributed by atoms with Gasteiger partial charge in [0.15, 0.2) is 0 Å². The summed E-state index contributed by atoms with van der Waals surface area (Å²) in [5, 5.41) is 7.63. The van der Waals surface area contributed by atoms with Crippen LogP contribution in [0, 0.1) is 13.8 Å². The van der Waals surface area contributed by atoms with Gasteiger partial charge in [0, 0.05) is 43.7 Å². The number of amides is 1. The molecule has 1 aromatic carbocycles. The molecule has 3 aromatic rings. The summed E-state index contributed by atoms with van der Waals surface area (Å²) in [6.45, 7) is 10.4. The molecule has 0 radical (unpaired) electrons. The van der Waals surface area contributed by atoms with Gasteiger partial charge in [0.2, 0.25) is 5.91 Å². The van der Waals surface area contributed by atoms with Crippen LogP contribution in [0.3, 0.4) is 0 Å². The highest BCUT2D eigenvalue weighted by Gasteiger charge is 2.13. The first-order chi connectivity index (χ1) is 13.0. The molecule has 27 heavy (non-hydrogen) atoms. The number of benzene rings is 1. The van der Waals surface area contributed by atoms with Crippen LogP contribution in [-0.2, 0) is 30.8 Å². The maximum absolute atomic E-state index is 12.4. The largest absolute Gasteiger partial charge is 0.352 e. The van der Waals surface area contributed by atoms with E-state index >= 15 is 0 Å². The molecule has 0 fully saturated rings. The Morgan fingerprint density at radius 2 is 1.93 bits per heavy atom. The van der Waals surface area contributed by atoms with E-state index in [1.54, 1.807) is 0 Å². The molecule has 0 spiro atoms. The molecule has 0 atom stereocenters. The normalized spacial score (nSPS) is 11.3. The third-order valence-corrected chi connectivity index (χ3v) is 5.04. The van der Waals surface area contributed by atoms with Crippen LogP contribution in [0.25, 0.3) is 11.0 Å². The summed E-state index contributed by atoms with van der Waals surface area (Å²) in [6, 6.07) is 8.09. The van der Waals surface area contributed by atoms with Crippen LogP contribution in [0.2, 0.25) is 0 Å². The van der Waals surface area contributed by atoms with Crippen LogP contribution < -0.4 is 5.32 Å². The number of nitrogens with one attached hydrogen (secondary N) is 1. The first kappa shape index (κ1) is 19.1. The number of hydrogen-bond acceptors (Lipinski definition) is 3. The van der Waals surface area contributed by atoms with E-state index < -0.39 is 0 Å². The number of para-hydroxylation sites is 2. The number of carbonyl (C=O) groups excluding carboxylic acids is 1. The van der Waals surface area contributed by atoms with Crippen molar-refractivity contribution in [3.05, 3.63) is 47.0 Å². The molecule has 0 aliphatic carbocycles. The molecule has 2 heterocycles. The monoisotopic (exact) mass is 367 g/mol. The van der Waals surface area contributed by atoms with Crippen molar-refractivity contribution < 1.29 is 4.79 Å². The molecule has 6 heteroatoms. The molecule has 1 amide bonds. The van der Waals surface area contributed by atoms with Crippen LogP contribution in [0.5, 0.6) is 0 Å². The lowest BCUT2D eigenvalue weighted by Crippen LogP contribution is -2.24. The second-order valence-corrected chi connectivity index (χ2v) is 6.92. The van der Waals surface area contributed by atoms with Gasteiger partial charge in [0.05, 0.1) is 16.7 Å². The number of imidazole rings is 1. The summed E-state index contributed by atoms with van der Waals surface area (Å²) in [4.78, 5) is 17.1. The van der Waals surface area contributed by atoms with Crippen molar-refractivity contribution in [1.29, 1.82) is 0 Å². The fraction of sp³-hybridized carbons (Fsp3) is 0.476. The molecule has 144 valence electrons. The maximum Gasteiger partial charge on any atom is 0.222 e. The summed E-state index contributed by atoms with van der Waals surface area (Å²) in [5.41, 5.74) is 5.34. The van der Waals surface area contributed by atoms with Crippen molar-refractivity contribution in [2.45, 2.75) is 66.6 Å². The van der Waals surface area contributed by atoms with E-state index in [4.69, 9.17) is 0 Å². The number of aromatic nitrogens is 4. The number of hydrogen-bond donors (Lipinski definition) is 1. The second-order valence-electron chi connectivity index (χ2n) is 6.92. The zero-order valence-electron chi connectivity index (χ0n) is 16.7. The highest BCUT2D eigenvalue weighted by Crippen LogP contribution is 2.17. The summed E-state index contributed by atoms with van der Waals surface area (Å²) in [5.74, 6) is 1.08. The molecule has 0 saturated heterocycles. The smallest absolute Gasteiger partial charge is 0.222 e. The van der Waals surface area contributed by atoms with E-state index in [2.05, 4.69) is 46.8 Å². The minimum Gasteiger partial charge on any atom is -0.352 e. The van der Waals surface area contributed by atoms with E-state index in [1.807, 2.05) is 29.8 Å². The molecule has 0 unspecified atom stereocenters. The first-order valence-corrected chi connectivity index (χ1v) is 9.78. The summed E-state index contributed by atoms with van der Waals surface area (Å²) in [7, 11) is 0. The van der Waals surface area contributed by atoms with E-state index in [0.29, 0.717) is 19.5 Å². The first-order valence-electron chi connectivity index (χ1n) is 9.78. The van der Waals surface area contributed by atoms with Gasteiger partial charge in [-0.05, 0) is 32.4 Å². The predicted molar refractivity (Wildman–Crippen MR) is 108 cm³/mol. The fourth-order valence-electron chi connectivity index (χ4n) is 3.55. The standard InChI is InChI=1S/C21H29N5O/c1-5-12-26-16(4)17(15(3)24-26)14-22-21(27)11-13-25-19-10-8-7-9-18(19)23-20(25)6-2/h7-10H,5-6,11-14H2,1-4H3,(H,22,27). The Morgan fingerprint density at radius 1 is 1.15 bits per heavy atom. The van der Waals surface area contributed by atoms with Crippen molar-refractivity contribution in [2.24, 2.45) is 0 Å². The molecule has 0 saturated carbocycles. The Hall–Kier alpha value is -2.63. The molecule has 3 rings (SSSR count). The number of carbonyl (C=O) groups is 1. The summed E-state index contributed by atoms with van der Waals surface area (Å²) in [6.07, 6.45) is 2.34. The van der Waals surface area contributed by atoms with Gasteiger partial charge < -0.3 is 9.88 Å². The van der Waals surface area contributed by atoms with E-state index in [0.717, 1.165) is 53.2 Å². The highest BCUT2D eigenvalue weighted by atomic mass is 16.1. The van der Waals surface area contributed by atoms with Crippen molar-refractivity contribution in [3.63, 3.8) is 0 Å². The van der Waals surface area contributed by atoms with Crippen molar-refractivity contribution in [3.8, 4) is 0 Å². The molecule has 0 aliphatic heterocycles. The lowest BCUT2D eigenvalue weighted by Gasteiger charge is -2.09. The molecule has 0 bridgehead atoms. The Bertz CT molecular complexity index is 938. The minimum absolute atomic E-state index is 0.0527. The van der Waals surface area contributed by atoms with Gasteiger partial charge in [0.25, 0.3) is 0 Å². The number of aryl methyl sites for hydroxylation is 4. The Morgan fingerprint density at radius 3 is 2.67 bits per heavy atom. The van der Waals surface area contributed by atoms with Crippen LogP contribution in [-0.4, -0.2) is 25.2 Å². The van der Waals surface area contributed by atoms with Gasteiger partial charge in [-0.25, -0.2) is 4.98 Å². The Balaban J connectivity index is 1.63. The number of nitrogens with zero attached hydrogens (tertiary/aromatic N) is 4. The Labute approximate surface area is 160 Å². The van der Waals surface area contributed by atoms with Gasteiger partial charge in [0.1, 0.15) is 5.82 Å². The van der Waals surface area contributed by atoms with Crippen LogP contribution in [0.4, 0.5) is 0 Å². The van der Waals surface area contributed by atoms with Crippen molar-refractivity contribution in [1.82, 2.24) is 24.6 Å². The number of fused-ring (bicyclic) bond motifs is 1. The van der Waals surface area contributed by atoms with E-state index in [-0.39, 0.29) is 5.91 Å². The van der Waals surface area contributed by atoms with Gasteiger partial charge >= 0.3 is 0 Å². The molecular weight excluding hydrogens is 338 g/mol. The van der Waals surface area contributed by atoms with Crippen LogP contribution in [0.1, 0.15) is 49.5 Å². The van der Waals surface area contributed by atoms with E-state index in [1.165, 1.54) is 0 Å². The van der Waals surface area contributed by atoms with Crippen LogP contribution >= 0.6 is 0 Å². The summed E-state index contributed by atoms with van der Waals surface area (Å²) < 4.78 is 4.19. The zero-order chi connectivity index (χ0) is 19.4. The average Bonchev–Trinajstić information content (AvgIpc) is 3.15. The lowest BCUT2D eigenvalue weighted by atomic mass is 10.2. The molecule has 0 aliphatic rings. The fourth-order valence-corrected chi connectivity index (χ4v) is 3.55. The van der Waals surface area contributed by atoms with Gasteiger partial charge in [-0.15, -0.1) is 0 Å². The lowest BCUT2D eigenvalue weighted by molar-refractivity contribution is -0.121. The molecule has 6 nitrogen and oxygen atoms in total. The maximum atomic E-state index is 12.4. The summed E-state index contributed by atoms with van der Waals surface area (Å²) >= 11 is 0.